The molecule has 0 heterocycles. The molecule has 0 atom stereocenters. The lowest BCUT2D eigenvalue weighted by Crippen LogP contribution is -2.33. The number of benzene rings is 2. The minimum absolute atomic E-state index is 0.0618. The third kappa shape index (κ3) is 5.50. The monoisotopic (exact) mass is 328 g/mol. The lowest BCUT2D eigenvalue weighted by molar-refractivity contribution is -0.119. The highest BCUT2D eigenvalue weighted by molar-refractivity contribution is 5.80. The molecule has 2 rings (SSSR count). The van der Waals surface area contributed by atoms with Crippen LogP contribution in [0, 0.1) is 13.8 Å². The average molecular weight is 328 g/mol. The summed E-state index contributed by atoms with van der Waals surface area (Å²) in [5.41, 5.74) is 3.31. The topological polar surface area (TPSA) is 59.6 Å². The van der Waals surface area contributed by atoms with Crippen molar-refractivity contribution < 1.29 is 14.3 Å². The molecule has 0 aliphatic rings. The van der Waals surface area contributed by atoms with E-state index in [0.717, 1.165) is 22.7 Å². The molecule has 0 unspecified atom stereocenters. The second-order valence-corrected chi connectivity index (χ2v) is 5.55. The number of anilines is 1. The van der Waals surface area contributed by atoms with Gasteiger partial charge in [-0.05, 0) is 49.7 Å². The molecule has 0 fully saturated rings. The molecule has 5 nitrogen and oxygen atoms in total. The fourth-order valence-electron chi connectivity index (χ4n) is 2.28. The third-order valence-corrected chi connectivity index (χ3v) is 3.57. The molecule has 1 amide bonds. The number of carbonyl (C=O) groups excluding carboxylic acids is 1. The molecular weight excluding hydrogens is 304 g/mol. The maximum absolute atomic E-state index is 11.8. The van der Waals surface area contributed by atoms with E-state index in [-0.39, 0.29) is 12.5 Å². The van der Waals surface area contributed by atoms with Crippen molar-refractivity contribution in [1.82, 2.24) is 5.32 Å². The second-order valence-electron chi connectivity index (χ2n) is 5.55. The van der Waals surface area contributed by atoms with E-state index in [1.54, 1.807) is 7.11 Å². The van der Waals surface area contributed by atoms with E-state index in [4.69, 9.17) is 9.47 Å². The third-order valence-electron chi connectivity index (χ3n) is 3.57. The summed E-state index contributed by atoms with van der Waals surface area (Å²) in [5, 5.41) is 5.97. The molecule has 0 radical (unpaired) electrons. The summed E-state index contributed by atoms with van der Waals surface area (Å²) in [5.74, 6) is 1.47. The molecule has 2 N–H and O–H groups in total. The standard InChI is InChI=1S/C19H24N2O3/c1-14-4-9-18(15(2)12-14)21-13-19(22)20-10-11-24-17-7-5-16(23-3)6-8-17/h4-9,12,21H,10-11,13H2,1-3H3,(H,20,22). The second kappa shape index (κ2) is 8.82. The summed E-state index contributed by atoms with van der Waals surface area (Å²) in [4.78, 5) is 11.8. The van der Waals surface area contributed by atoms with Crippen LogP contribution in [-0.4, -0.2) is 32.7 Å². The summed E-state index contributed by atoms with van der Waals surface area (Å²) in [7, 11) is 1.62. The molecule has 128 valence electrons. The van der Waals surface area contributed by atoms with Gasteiger partial charge in [0.25, 0.3) is 0 Å². The van der Waals surface area contributed by atoms with Crippen molar-refractivity contribution in [3.63, 3.8) is 0 Å². The highest BCUT2D eigenvalue weighted by Crippen LogP contribution is 2.17. The van der Waals surface area contributed by atoms with E-state index in [0.29, 0.717) is 13.2 Å². The Morgan fingerprint density at radius 2 is 1.75 bits per heavy atom. The van der Waals surface area contributed by atoms with Crippen molar-refractivity contribution in [2.45, 2.75) is 13.8 Å². The summed E-state index contributed by atoms with van der Waals surface area (Å²) in [6, 6.07) is 13.4. The zero-order valence-corrected chi connectivity index (χ0v) is 14.4. The fraction of sp³-hybridized carbons (Fsp3) is 0.316. The Morgan fingerprint density at radius 1 is 1.04 bits per heavy atom. The van der Waals surface area contributed by atoms with E-state index in [9.17, 15) is 4.79 Å². The van der Waals surface area contributed by atoms with E-state index >= 15 is 0 Å². The van der Waals surface area contributed by atoms with Gasteiger partial charge < -0.3 is 20.1 Å². The highest BCUT2D eigenvalue weighted by atomic mass is 16.5. The van der Waals surface area contributed by atoms with Gasteiger partial charge in [-0.2, -0.15) is 0 Å². The van der Waals surface area contributed by atoms with Crippen LogP contribution in [0.15, 0.2) is 42.5 Å². The first-order valence-electron chi connectivity index (χ1n) is 7.93. The van der Waals surface area contributed by atoms with Gasteiger partial charge in [0.1, 0.15) is 18.1 Å². The Bertz CT molecular complexity index is 669. The van der Waals surface area contributed by atoms with Crippen LogP contribution in [-0.2, 0) is 4.79 Å². The largest absolute Gasteiger partial charge is 0.497 e. The van der Waals surface area contributed by atoms with Crippen LogP contribution in [0.5, 0.6) is 11.5 Å². The van der Waals surface area contributed by atoms with Crippen molar-refractivity contribution in [3.05, 3.63) is 53.6 Å². The van der Waals surface area contributed by atoms with Crippen LogP contribution in [0.3, 0.4) is 0 Å². The van der Waals surface area contributed by atoms with Gasteiger partial charge in [-0.1, -0.05) is 17.7 Å². The molecule has 0 aliphatic heterocycles. The summed E-state index contributed by atoms with van der Waals surface area (Å²) >= 11 is 0. The molecule has 5 heteroatoms. The summed E-state index contributed by atoms with van der Waals surface area (Å²) < 4.78 is 10.6. The number of carbonyl (C=O) groups is 1. The number of hydrogen-bond acceptors (Lipinski definition) is 4. The van der Waals surface area contributed by atoms with Gasteiger partial charge in [-0.25, -0.2) is 0 Å². The first-order valence-corrected chi connectivity index (χ1v) is 7.93. The smallest absolute Gasteiger partial charge is 0.239 e. The molecule has 2 aromatic rings. The van der Waals surface area contributed by atoms with Crippen LogP contribution in [0.4, 0.5) is 5.69 Å². The van der Waals surface area contributed by atoms with Crippen molar-refractivity contribution in [3.8, 4) is 11.5 Å². The molecule has 24 heavy (non-hydrogen) atoms. The Balaban J connectivity index is 1.65. The Labute approximate surface area is 143 Å². The quantitative estimate of drug-likeness (QED) is 0.732. The van der Waals surface area contributed by atoms with Gasteiger partial charge in [-0.15, -0.1) is 0 Å². The van der Waals surface area contributed by atoms with Crippen molar-refractivity contribution in [2.75, 3.05) is 32.1 Å². The molecule has 2 aromatic carbocycles. The fourth-order valence-corrected chi connectivity index (χ4v) is 2.28. The minimum Gasteiger partial charge on any atom is -0.497 e. The molecular formula is C19H24N2O3. The maximum Gasteiger partial charge on any atom is 0.239 e. The first-order chi connectivity index (χ1) is 11.6. The van der Waals surface area contributed by atoms with Gasteiger partial charge in [0.2, 0.25) is 5.91 Å². The number of rotatable bonds is 8. The van der Waals surface area contributed by atoms with E-state index < -0.39 is 0 Å². The van der Waals surface area contributed by atoms with Gasteiger partial charge in [0, 0.05) is 5.69 Å². The number of methoxy groups -OCH3 is 1. The molecule has 0 bridgehead atoms. The average Bonchev–Trinajstić information content (AvgIpc) is 2.58. The normalized spacial score (nSPS) is 10.1. The van der Waals surface area contributed by atoms with Crippen molar-refractivity contribution >= 4 is 11.6 Å². The minimum atomic E-state index is -0.0618. The predicted octanol–water partition coefficient (Wildman–Crippen LogP) is 2.92. The predicted molar refractivity (Wildman–Crippen MR) is 95.9 cm³/mol. The van der Waals surface area contributed by atoms with Crippen molar-refractivity contribution in [2.24, 2.45) is 0 Å². The van der Waals surface area contributed by atoms with Gasteiger partial charge in [-0.3, -0.25) is 4.79 Å². The SMILES string of the molecule is COc1ccc(OCCNC(=O)CNc2ccc(C)cc2C)cc1. The Kier molecular flexibility index (Phi) is 6.49. The lowest BCUT2D eigenvalue weighted by atomic mass is 10.1. The zero-order chi connectivity index (χ0) is 17.4. The van der Waals surface area contributed by atoms with Crippen LogP contribution in [0.1, 0.15) is 11.1 Å². The van der Waals surface area contributed by atoms with Gasteiger partial charge >= 0.3 is 0 Å². The summed E-state index contributed by atoms with van der Waals surface area (Å²) in [6.45, 7) is 5.19. The molecule has 0 spiro atoms. The number of nitrogens with one attached hydrogen (secondary N) is 2. The number of ether oxygens (including phenoxy) is 2. The maximum atomic E-state index is 11.8. The number of hydrogen-bond donors (Lipinski definition) is 2. The lowest BCUT2D eigenvalue weighted by Gasteiger charge is -2.11. The first kappa shape index (κ1) is 17.7. The van der Waals surface area contributed by atoms with Crippen LogP contribution in [0.25, 0.3) is 0 Å². The van der Waals surface area contributed by atoms with E-state index in [2.05, 4.69) is 16.7 Å². The molecule has 0 saturated carbocycles. The Morgan fingerprint density at radius 3 is 2.42 bits per heavy atom. The summed E-state index contributed by atoms with van der Waals surface area (Å²) in [6.07, 6.45) is 0. The highest BCUT2D eigenvalue weighted by Gasteiger charge is 2.03. The van der Waals surface area contributed by atoms with Crippen LogP contribution >= 0.6 is 0 Å². The van der Waals surface area contributed by atoms with E-state index in [1.165, 1.54) is 5.56 Å². The van der Waals surface area contributed by atoms with Gasteiger partial charge in [0.15, 0.2) is 0 Å². The molecule has 0 aliphatic carbocycles. The van der Waals surface area contributed by atoms with Crippen LogP contribution in [0.2, 0.25) is 0 Å². The number of aryl methyl sites for hydroxylation is 2. The van der Waals surface area contributed by atoms with Crippen molar-refractivity contribution in [1.29, 1.82) is 0 Å². The van der Waals surface area contributed by atoms with Crippen LogP contribution < -0.4 is 20.1 Å². The van der Waals surface area contributed by atoms with E-state index in [1.807, 2.05) is 50.2 Å². The van der Waals surface area contributed by atoms with Gasteiger partial charge in [0.05, 0.1) is 20.2 Å². The number of amides is 1. The zero-order valence-electron chi connectivity index (χ0n) is 14.4. The molecule has 0 saturated heterocycles. The molecule has 0 aromatic heterocycles. The Hall–Kier alpha value is -2.69.